The minimum absolute atomic E-state index is 0.0813. The molecular weight excluding hydrogens is 310 g/mol. The van der Waals surface area contributed by atoms with Crippen LogP contribution in [0.15, 0.2) is 30.5 Å². The number of carbonyl (C=O) groups excluding carboxylic acids is 2. The lowest BCUT2D eigenvalue weighted by molar-refractivity contribution is 0.0700. The number of hydrogen-bond donors (Lipinski definition) is 2. The van der Waals surface area contributed by atoms with Crippen LogP contribution >= 0.6 is 0 Å². The molecule has 0 spiro atoms. The molecule has 0 unspecified atom stereocenters. The molecule has 126 valence electrons. The second-order valence-corrected chi connectivity index (χ2v) is 5.74. The van der Waals surface area contributed by atoms with E-state index >= 15 is 0 Å². The number of methoxy groups -OCH3 is 1. The van der Waals surface area contributed by atoms with Crippen molar-refractivity contribution in [3.05, 3.63) is 52.8 Å². The van der Waals surface area contributed by atoms with Gasteiger partial charge in [-0.2, -0.15) is 0 Å². The highest BCUT2D eigenvalue weighted by molar-refractivity contribution is 5.96. The average molecular weight is 329 g/mol. The van der Waals surface area contributed by atoms with E-state index in [2.05, 4.69) is 0 Å². The fourth-order valence-corrected chi connectivity index (χ4v) is 3.01. The van der Waals surface area contributed by atoms with Crippen LogP contribution in [-0.2, 0) is 20.0 Å². The Morgan fingerprint density at radius 3 is 2.75 bits per heavy atom. The largest absolute Gasteiger partial charge is 0.494 e. The predicted molar refractivity (Wildman–Crippen MR) is 86.1 cm³/mol. The molecule has 2 amide bonds. The number of hydroxylamine groups is 1. The van der Waals surface area contributed by atoms with E-state index in [9.17, 15) is 9.59 Å². The van der Waals surface area contributed by atoms with Gasteiger partial charge in [0.1, 0.15) is 11.4 Å². The second-order valence-electron chi connectivity index (χ2n) is 5.74. The van der Waals surface area contributed by atoms with Gasteiger partial charge in [-0.25, -0.2) is 5.48 Å². The monoisotopic (exact) mass is 329 g/mol. The van der Waals surface area contributed by atoms with Crippen molar-refractivity contribution in [3.63, 3.8) is 0 Å². The summed E-state index contributed by atoms with van der Waals surface area (Å²) in [5.74, 6) is -0.0599. The van der Waals surface area contributed by atoms with Gasteiger partial charge in [-0.05, 0) is 35.7 Å². The fraction of sp³-hybridized carbons (Fsp3) is 0.294. The highest BCUT2D eigenvalue weighted by Crippen LogP contribution is 2.25. The summed E-state index contributed by atoms with van der Waals surface area (Å²) in [4.78, 5) is 26.1. The van der Waals surface area contributed by atoms with E-state index in [1.807, 2.05) is 13.1 Å². The highest BCUT2D eigenvalue weighted by Gasteiger charge is 2.26. The van der Waals surface area contributed by atoms with Crippen molar-refractivity contribution in [1.29, 1.82) is 0 Å². The van der Waals surface area contributed by atoms with Crippen LogP contribution in [0, 0.1) is 0 Å². The number of aromatic nitrogens is 1. The molecule has 0 fully saturated rings. The number of aryl methyl sites for hydroxylation is 1. The molecule has 0 atom stereocenters. The van der Waals surface area contributed by atoms with E-state index in [0.29, 0.717) is 36.5 Å². The molecule has 1 aromatic heterocycles. The number of amides is 2. The smallest absolute Gasteiger partial charge is 0.274 e. The molecule has 2 heterocycles. The third-order valence-electron chi connectivity index (χ3n) is 4.33. The summed E-state index contributed by atoms with van der Waals surface area (Å²) < 4.78 is 7.02. The SMILES string of the molecule is COc1ccn(C)c1C(=O)N1CCc2cc(C(=O)NO)ccc2C1. The maximum atomic E-state index is 12.8. The highest BCUT2D eigenvalue weighted by atomic mass is 16.5. The lowest BCUT2D eigenvalue weighted by atomic mass is 9.97. The minimum atomic E-state index is -0.537. The minimum Gasteiger partial charge on any atom is -0.494 e. The van der Waals surface area contributed by atoms with Crippen molar-refractivity contribution in [1.82, 2.24) is 14.9 Å². The Morgan fingerprint density at radius 2 is 2.04 bits per heavy atom. The second kappa shape index (κ2) is 6.37. The summed E-state index contributed by atoms with van der Waals surface area (Å²) >= 11 is 0. The first kappa shape index (κ1) is 16.1. The first-order valence-corrected chi connectivity index (χ1v) is 7.60. The topological polar surface area (TPSA) is 83.8 Å². The van der Waals surface area contributed by atoms with E-state index < -0.39 is 5.91 Å². The Hall–Kier alpha value is -2.80. The van der Waals surface area contributed by atoms with E-state index in [1.54, 1.807) is 46.5 Å². The number of carbonyl (C=O) groups is 2. The van der Waals surface area contributed by atoms with E-state index in [4.69, 9.17) is 9.94 Å². The van der Waals surface area contributed by atoms with Crippen molar-refractivity contribution in [2.75, 3.05) is 13.7 Å². The lowest BCUT2D eigenvalue weighted by Gasteiger charge is -2.29. The molecule has 0 aliphatic carbocycles. The Balaban J connectivity index is 1.83. The first-order valence-electron chi connectivity index (χ1n) is 7.60. The van der Waals surface area contributed by atoms with Crippen LogP contribution in [0.3, 0.4) is 0 Å². The molecule has 7 heteroatoms. The molecule has 0 saturated heterocycles. The molecule has 7 nitrogen and oxygen atoms in total. The number of ether oxygens (including phenoxy) is 1. The molecule has 1 aliphatic heterocycles. The van der Waals surface area contributed by atoms with Gasteiger partial charge in [-0.3, -0.25) is 14.8 Å². The van der Waals surface area contributed by atoms with E-state index in [0.717, 1.165) is 11.1 Å². The first-order chi connectivity index (χ1) is 11.5. The Bertz CT molecular complexity index is 797. The van der Waals surface area contributed by atoms with Gasteiger partial charge in [0.2, 0.25) is 0 Å². The van der Waals surface area contributed by atoms with Crippen LogP contribution in [0.2, 0.25) is 0 Å². The fourth-order valence-electron chi connectivity index (χ4n) is 3.01. The summed E-state index contributed by atoms with van der Waals surface area (Å²) in [6.45, 7) is 1.04. The number of rotatable bonds is 3. The Morgan fingerprint density at radius 1 is 1.25 bits per heavy atom. The lowest BCUT2D eigenvalue weighted by Crippen LogP contribution is -2.37. The van der Waals surface area contributed by atoms with Gasteiger partial charge in [-0.1, -0.05) is 6.07 Å². The van der Waals surface area contributed by atoms with Crippen LogP contribution in [0.5, 0.6) is 5.75 Å². The van der Waals surface area contributed by atoms with Gasteiger partial charge >= 0.3 is 0 Å². The van der Waals surface area contributed by atoms with E-state index in [-0.39, 0.29) is 5.91 Å². The number of nitrogens with one attached hydrogen (secondary N) is 1. The van der Waals surface area contributed by atoms with Crippen LogP contribution in [0.25, 0.3) is 0 Å². The summed E-state index contributed by atoms with van der Waals surface area (Å²) in [7, 11) is 3.36. The van der Waals surface area contributed by atoms with Crippen molar-refractivity contribution in [2.24, 2.45) is 7.05 Å². The summed E-state index contributed by atoms with van der Waals surface area (Å²) in [5.41, 5.74) is 4.57. The third kappa shape index (κ3) is 2.74. The zero-order chi connectivity index (χ0) is 17.3. The molecular formula is C17H19N3O4. The van der Waals surface area contributed by atoms with Crippen molar-refractivity contribution < 1.29 is 19.5 Å². The molecule has 1 aromatic carbocycles. The maximum absolute atomic E-state index is 12.8. The van der Waals surface area contributed by atoms with Crippen molar-refractivity contribution >= 4 is 11.8 Å². The molecule has 2 aromatic rings. The van der Waals surface area contributed by atoms with Gasteiger partial charge < -0.3 is 14.2 Å². The molecule has 0 bridgehead atoms. The van der Waals surface area contributed by atoms with E-state index in [1.165, 1.54) is 0 Å². The van der Waals surface area contributed by atoms with Gasteiger partial charge in [-0.15, -0.1) is 0 Å². The number of hydrogen-bond acceptors (Lipinski definition) is 4. The van der Waals surface area contributed by atoms with Gasteiger partial charge in [0.05, 0.1) is 7.11 Å². The normalized spacial score (nSPS) is 13.4. The molecule has 24 heavy (non-hydrogen) atoms. The number of fused-ring (bicyclic) bond motifs is 1. The standard InChI is InChI=1S/C17H19N3O4/c1-19-7-6-14(24-2)15(19)17(22)20-8-5-11-9-12(16(21)18-23)3-4-13(11)10-20/h3-4,6-7,9,23H,5,8,10H2,1-2H3,(H,18,21). The van der Waals surface area contributed by atoms with Gasteiger partial charge in [0.15, 0.2) is 0 Å². The third-order valence-corrected chi connectivity index (χ3v) is 4.33. The quantitative estimate of drug-likeness (QED) is 0.658. The van der Waals surface area contributed by atoms with Crippen LogP contribution in [0.4, 0.5) is 0 Å². The predicted octanol–water partition coefficient (Wildman–Crippen LogP) is 1.35. The summed E-state index contributed by atoms with van der Waals surface area (Å²) in [6, 6.07) is 6.99. The summed E-state index contributed by atoms with van der Waals surface area (Å²) in [5, 5.41) is 8.72. The van der Waals surface area contributed by atoms with Gasteiger partial charge in [0, 0.05) is 31.9 Å². The van der Waals surface area contributed by atoms with Crippen LogP contribution in [-0.4, -0.2) is 40.1 Å². The Labute approximate surface area is 139 Å². The molecule has 0 saturated carbocycles. The number of benzene rings is 1. The van der Waals surface area contributed by atoms with Crippen molar-refractivity contribution in [3.8, 4) is 5.75 Å². The molecule has 0 radical (unpaired) electrons. The van der Waals surface area contributed by atoms with Crippen molar-refractivity contribution in [2.45, 2.75) is 13.0 Å². The molecule has 3 rings (SSSR count). The van der Waals surface area contributed by atoms with Crippen LogP contribution < -0.4 is 10.2 Å². The summed E-state index contributed by atoms with van der Waals surface area (Å²) in [6.07, 6.45) is 2.45. The number of nitrogens with zero attached hydrogens (tertiary/aromatic N) is 2. The molecule has 1 aliphatic rings. The zero-order valence-corrected chi connectivity index (χ0v) is 13.6. The maximum Gasteiger partial charge on any atom is 0.274 e. The average Bonchev–Trinajstić information content (AvgIpc) is 3.00. The Kier molecular flexibility index (Phi) is 4.26. The molecule has 2 N–H and O–H groups in total. The zero-order valence-electron chi connectivity index (χ0n) is 13.6. The van der Waals surface area contributed by atoms with Gasteiger partial charge in [0.25, 0.3) is 11.8 Å². The van der Waals surface area contributed by atoms with Crippen LogP contribution in [0.1, 0.15) is 32.0 Å².